The monoisotopic (exact) mass is 267 g/mol. The molecule has 114 valence electrons. The summed E-state index contributed by atoms with van der Waals surface area (Å²) in [6, 6.07) is 0. The summed E-state index contributed by atoms with van der Waals surface area (Å²) in [6.45, 7) is 14.4. The van der Waals surface area contributed by atoms with E-state index in [2.05, 4.69) is 39.9 Å². The highest BCUT2D eigenvalue weighted by Crippen LogP contribution is 2.44. The zero-order chi connectivity index (χ0) is 14.3. The summed E-state index contributed by atoms with van der Waals surface area (Å²) in [6.07, 6.45) is 9.87. The van der Waals surface area contributed by atoms with E-state index in [9.17, 15) is 0 Å². The zero-order valence-corrected chi connectivity index (χ0v) is 14.1. The van der Waals surface area contributed by atoms with Crippen molar-refractivity contribution in [3.8, 4) is 0 Å². The minimum absolute atomic E-state index is 0.506. The van der Waals surface area contributed by atoms with Gasteiger partial charge in [-0.3, -0.25) is 0 Å². The first-order valence-electron chi connectivity index (χ1n) is 8.69. The molecule has 1 heteroatoms. The molecular formula is C18H37N. The van der Waals surface area contributed by atoms with E-state index < -0.39 is 0 Å². The molecule has 3 atom stereocenters. The van der Waals surface area contributed by atoms with Gasteiger partial charge in [-0.1, -0.05) is 53.9 Å². The van der Waals surface area contributed by atoms with Gasteiger partial charge >= 0.3 is 0 Å². The molecule has 19 heavy (non-hydrogen) atoms. The van der Waals surface area contributed by atoms with Crippen LogP contribution in [0.5, 0.6) is 0 Å². The van der Waals surface area contributed by atoms with Gasteiger partial charge in [0.1, 0.15) is 0 Å². The molecule has 0 aliphatic heterocycles. The van der Waals surface area contributed by atoms with Crippen LogP contribution in [-0.2, 0) is 0 Å². The first-order valence-corrected chi connectivity index (χ1v) is 8.69. The molecule has 1 aliphatic rings. The summed E-state index contributed by atoms with van der Waals surface area (Å²) in [4.78, 5) is 0. The standard InChI is InChI=1S/C18H37N/c1-6-8-9-15-13-17(18(3,4)5)11-10-16(15)14-19-12-7-2/h15-17,19H,6-14H2,1-5H3. The van der Waals surface area contributed by atoms with Crippen molar-refractivity contribution >= 4 is 0 Å². The van der Waals surface area contributed by atoms with Crippen LogP contribution in [0.1, 0.15) is 79.6 Å². The summed E-state index contributed by atoms with van der Waals surface area (Å²) in [5.74, 6) is 2.86. The van der Waals surface area contributed by atoms with Gasteiger partial charge in [0.2, 0.25) is 0 Å². The van der Waals surface area contributed by atoms with E-state index in [0.29, 0.717) is 5.41 Å². The quantitative estimate of drug-likeness (QED) is 0.621. The van der Waals surface area contributed by atoms with Crippen molar-refractivity contribution in [3.63, 3.8) is 0 Å². The fourth-order valence-corrected chi connectivity index (χ4v) is 3.67. The topological polar surface area (TPSA) is 12.0 Å². The second-order valence-electron chi connectivity index (χ2n) is 7.74. The lowest BCUT2D eigenvalue weighted by molar-refractivity contribution is 0.0914. The van der Waals surface area contributed by atoms with Crippen molar-refractivity contribution in [2.24, 2.45) is 23.2 Å². The fourth-order valence-electron chi connectivity index (χ4n) is 3.67. The minimum Gasteiger partial charge on any atom is -0.316 e. The summed E-state index contributed by atoms with van der Waals surface area (Å²) in [5.41, 5.74) is 0.506. The van der Waals surface area contributed by atoms with Crippen molar-refractivity contribution in [3.05, 3.63) is 0 Å². The Morgan fingerprint density at radius 1 is 1.00 bits per heavy atom. The second kappa shape index (κ2) is 8.29. The van der Waals surface area contributed by atoms with E-state index >= 15 is 0 Å². The van der Waals surface area contributed by atoms with Gasteiger partial charge in [-0.2, -0.15) is 0 Å². The maximum atomic E-state index is 3.66. The molecule has 1 saturated carbocycles. The maximum Gasteiger partial charge on any atom is -0.00179 e. The van der Waals surface area contributed by atoms with Gasteiger partial charge in [0, 0.05) is 0 Å². The van der Waals surface area contributed by atoms with Crippen molar-refractivity contribution < 1.29 is 0 Å². The minimum atomic E-state index is 0.506. The van der Waals surface area contributed by atoms with Gasteiger partial charge in [-0.25, -0.2) is 0 Å². The Balaban J connectivity index is 2.51. The van der Waals surface area contributed by atoms with Gasteiger partial charge in [0.25, 0.3) is 0 Å². The molecule has 0 aromatic rings. The number of nitrogens with one attached hydrogen (secondary N) is 1. The molecule has 1 aliphatic carbocycles. The van der Waals surface area contributed by atoms with Gasteiger partial charge < -0.3 is 5.32 Å². The van der Waals surface area contributed by atoms with Gasteiger partial charge in [-0.05, 0) is 61.9 Å². The van der Waals surface area contributed by atoms with E-state index in [0.717, 1.165) is 17.8 Å². The smallest absolute Gasteiger partial charge is 0.00179 e. The second-order valence-corrected chi connectivity index (χ2v) is 7.74. The Kier molecular flexibility index (Phi) is 7.42. The van der Waals surface area contributed by atoms with Crippen LogP contribution in [-0.4, -0.2) is 13.1 Å². The Labute approximate surface area is 121 Å². The molecule has 0 saturated heterocycles. The van der Waals surface area contributed by atoms with E-state index in [4.69, 9.17) is 0 Å². The maximum absolute atomic E-state index is 3.66. The predicted molar refractivity (Wildman–Crippen MR) is 86.5 cm³/mol. The van der Waals surface area contributed by atoms with Gasteiger partial charge in [0.15, 0.2) is 0 Å². The lowest BCUT2D eigenvalue weighted by atomic mass is 9.64. The summed E-state index contributed by atoms with van der Waals surface area (Å²) in [5, 5.41) is 3.66. The largest absolute Gasteiger partial charge is 0.316 e. The van der Waals surface area contributed by atoms with Crippen LogP contribution in [0.3, 0.4) is 0 Å². The number of hydrogen-bond acceptors (Lipinski definition) is 1. The first-order chi connectivity index (χ1) is 8.99. The SMILES string of the molecule is CCCCC1CC(C(C)(C)C)CCC1CNCCC. The molecule has 0 aromatic heterocycles. The number of hydrogen-bond donors (Lipinski definition) is 1. The third-order valence-electron chi connectivity index (χ3n) is 5.13. The molecule has 0 radical (unpaired) electrons. The summed E-state index contributed by atoms with van der Waals surface area (Å²) < 4.78 is 0. The molecule has 0 spiro atoms. The Bertz CT molecular complexity index is 228. The van der Waals surface area contributed by atoms with Crippen LogP contribution in [0.4, 0.5) is 0 Å². The van der Waals surface area contributed by atoms with Crippen LogP contribution < -0.4 is 5.32 Å². The number of unbranched alkanes of at least 4 members (excludes halogenated alkanes) is 1. The molecule has 1 fully saturated rings. The van der Waals surface area contributed by atoms with Crippen LogP contribution in [0.2, 0.25) is 0 Å². The molecule has 0 heterocycles. The van der Waals surface area contributed by atoms with Crippen LogP contribution in [0.15, 0.2) is 0 Å². The van der Waals surface area contributed by atoms with E-state index in [-0.39, 0.29) is 0 Å². The Hall–Kier alpha value is -0.0400. The highest BCUT2D eigenvalue weighted by molar-refractivity contribution is 4.86. The lowest BCUT2D eigenvalue weighted by Crippen LogP contribution is -2.36. The third kappa shape index (κ3) is 5.85. The molecule has 0 amide bonds. The Morgan fingerprint density at radius 2 is 1.74 bits per heavy atom. The molecule has 1 nitrogen and oxygen atoms in total. The number of rotatable bonds is 7. The van der Waals surface area contributed by atoms with Crippen molar-refractivity contribution in [1.29, 1.82) is 0 Å². The van der Waals surface area contributed by atoms with Crippen molar-refractivity contribution in [2.45, 2.75) is 79.6 Å². The molecule has 1 rings (SSSR count). The molecular weight excluding hydrogens is 230 g/mol. The van der Waals surface area contributed by atoms with E-state index in [1.54, 1.807) is 0 Å². The first kappa shape index (κ1) is 17.0. The molecule has 3 unspecified atom stereocenters. The average molecular weight is 268 g/mol. The highest BCUT2D eigenvalue weighted by Gasteiger charge is 2.35. The van der Waals surface area contributed by atoms with Crippen LogP contribution >= 0.6 is 0 Å². The van der Waals surface area contributed by atoms with E-state index in [1.807, 2.05) is 0 Å². The van der Waals surface area contributed by atoms with Crippen molar-refractivity contribution in [1.82, 2.24) is 5.32 Å². The lowest BCUT2D eigenvalue weighted by Gasteiger charge is -2.42. The highest BCUT2D eigenvalue weighted by atomic mass is 14.9. The molecule has 0 bridgehead atoms. The predicted octanol–water partition coefficient (Wildman–Crippen LogP) is 5.25. The van der Waals surface area contributed by atoms with Gasteiger partial charge in [-0.15, -0.1) is 0 Å². The third-order valence-corrected chi connectivity index (χ3v) is 5.13. The van der Waals surface area contributed by atoms with Crippen LogP contribution in [0.25, 0.3) is 0 Å². The molecule has 0 aromatic carbocycles. The fraction of sp³-hybridized carbons (Fsp3) is 1.00. The summed E-state index contributed by atoms with van der Waals surface area (Å²) >= 11 is 0. The summed E-state index contributed by atoms with van der Waals surface area (Å²) in [7, 11) is 0. The Morgan fingerprint density at radius 3 is 2.32 bits per heavy atom. The average Bonchev–Trinajstić information content (AvgIpc) is 2.36. The normalized spacial score (nSPS) is 28.6. The van der Waals surface area contributed by atoms with E-state index in [1.165, 1.54) is 58.0 Å². The molecule has 1 N–H and O–H groups in total. The zero-order valence-electron chi connectivity index (χ0n) is 14.1. The van der Waals surface area contributed by atoms with Crippen molar-refractivity contribution in [2.75, 3.05) is 13.1 Å². The van der Waals surface area contributed by atoms with Gasteiger partial charge in [0.05, 0.1) is 0 Å². The van der Waals surface area contributed by atoms with Crippen LogP contribution in [0, 0.1) is 23.2 Å².